The lowest BCUT2D eigenvalue weighted by Crippen LogP contribution is -1.94. The summed E-state index contributed by atoms with van der Waals surface area (Å²) in [6.07, 6.45) is 2.12. The summed E-state index contributed by atoms with van der Waals surface area (Å²) in [5.41, 5.74) is 0.350. The van der Waals surface area contributed by atoms with E-state index in [9.17, 15) is 4.79 Å². The minimum atomic E-state index is -0.877. The predicted octanol–water partition coefficient (Wildman–Crippen LogP) is 1.43. The van der Waals surface area contributed by atoms with Gasteiger partial charge in [-0.3, -0.25) is 0 Å². The van der Waals surface area contributed by atoms with E-state index in [1.165, 1.54) is 0 Å². The van der Waals surface area contributed by atoms with Crippen molar-refractivity contribution in [2.45, 2.75) is 20.3 Å². The van der Waals surface area contributed by atoms with Gasteiger partial charge in [0.15, 0.2) is 0 Å². The van der Waals surface area contributed by atoms with E-state index in [1.807, 2.05) is 0 Å². The van der Waals surface area contributed by atoms with Gasteiger partial charge in [0.2, 0.25) is 0 Å². The molecule has 0 atom stereocenters. The van der Waals surface area contributed by atoms with E-state index in [2.05, 4.69) is 11.8 Å². The molecule has 2 nitrogen and oxygen atoms in total. The SMILES string of the molecule is CC#CCC=C(C)C(=O)O. The van der Waals surface area contributed by atoms with Crippen LogP contribution < -0.4 is 0 Å². The minimum absolute atomic E-state index is 0.350. The molecule has 0 saturated heterocycles. The molecule has 0 amide bonds. The van der Waals surface area contributed by atoms with E-state index in [0.717, 1.165) is 0 Å². The molecule has 0 aliphatic carbocycles. The summed E-state index contributed by atoms with van der Waals surface area (Å²) in [7, 11) is 0. The van der Waals surface area contributed by atoms with Gasteiger partial charge in [-0.25, -0.2) is 4.79 Å². The first-order chi connectivity index (χ1) is 4.68. The van der Waals surface area contributed by atoms with Crippen molar-refractivity contribution in [3.63, 3.8) is 0 Å². The molecule has 0 aromatic carbocycles. The maximum absolute atomic E-state index is 10.2. The Balaban J connectivity index is 3.88. The van der Waals surface area contributed by atoms with Crippen molar-refractivity contribution in [2.75, 3.05) is 0 Å². The van der Waals surface area contributed by atoms with Crippen LogP contribution in [0, 0.1) is 11.8 Å². The van der Waals surface area contributed by atoms with Crippen LogP contribution in [0.4, 0.5) is 0 Å². The molecular weight excluding hydrogens is 128 g/mol. The topological polar surface area (TPSA) is 37.3 Å². The van der Waals surface area contributed by atoms with Gasteiger partial charge in [0.1, 0.15) is 0 Å². The molecule has 0 unspecified atom stereocenters. The number of aliphatic carboxylic acids is 1. The highest BCUT2D eigenvalue weighted by molar-refractivity contribution is 5.85. The molecule has 0 rings (SSSR count). The Morgan fingerprint density at radius 1 is 1.70 bits per heavy atom. The number of hydrogen-bond donors (Lipinski definition) is 1. The van der Waals surface area contributed by atoms with E-state index >= 15 is 0 Å². The third kappa shape index (κ3) is 3.73. The Morgan fingerprint density at radius 3 is 2.70 bits per heavy atom. The van der Waals surface area contributed by atoms with Crippen molar-refractivity contribution >= 4 is 5.97 Å². The zero-order valence-electron chi connectivity index (χ0n) is 6.14. The fourth-order valence-electron chi connectivity index (χ4n) is 0.393. The summed E-state index contributed by atoms with van der Waals surface area (Å²) >= 11 is 0. The highest BCUT2D eigenvalue weighted by Crippen LogP contribution is 1.93. The summed E-state index contributed by atoms with van der Waals surface area (Å²) in [5.74, 6) is 4.54. The summed E-state index contributed by atoms with van der Waals surface area (Å²) in [5, 5.41) is 8.36. The maximum Gasteiger partial charge on any atom is 0.330 e. The second-order valence-corrected chi connectivity index (χ2v) is 1.82. The molecule has 0 fully saturated rings. The van der Waals surface area contributed by atoms with Crippen LogP contribution in [0.25, 0.3) is 0 Å². The summed E-state index contributed by atoms with van der Waals surface area (Å²) in [6.45, 7) is 3.28. The zero-order valence-corrected chi connectivity index (χ0v) is 6.14. The van der Waals surface area contributed by atoms with Gasteiger partial charge in [-0.1, -0.05) is 12.0 Å². The Hall–Kier alpha value is -1.23. The molecule has 0 aliphatic rings. The quantitative estimate of drug-likeness (QED) is 0.463. The highest BCUT2D eigenvalue weighted by Gasteiger charge is 1.95. The van der Waals surface area contributed by atoms with E-state index < -0.39 is 5.97 Å². The van der Waals surface area contributed by atoms with Crippen LogP contribution in [0.15, 0.2) is 11.6 Å². The van der Waals surface area contributed by atoms with Gasteiger partial charge in [0, 0.05) is 12.0 Å². The van der Waals surface area contributed by atoms with Crippen LogP contribution in [0.5, 0.6) is 0 Å². The Morgan fingerprint density at radius 2 is 2.30 bits per heavy atom. The van der Waals surface area contributed by atoms with Crippen LogP contribution in [0.3, 0.4) is 0 Å². The van der Waals surface area contributed by atoms with Crippen molar-refractivity contribution in [3.05, 3.63) is 11.6 Å². The first-order valence-electron chi connectivity index (χ1n) is 2.98. The number of rotatable bonds is 2. The lowest BCUT2D eigenvalue weighted by Gasteiger charge is -1.87. The fourth-order valence-corrected chi connectivity index (χ4v) is 0.393. The van der Waals surface area contributed by atoms with E-state index in [4.69, 9.17) is 5.11 Å². The molecule has 54 valence electrons. The molecule has 0 aliphatic heterocycles. The molecule has 0 aromatic heterocycles. The van der Waals surface area contributed by atoms with Crippen LogP contribution in [0.2, 0.25) is 0 Å². The summed E-state index contributed by atoms with van der Waals surface area (Å²) in [4.78, 5) is 10.2. The Bertz CT molecular complexity index is 203. The molecule has 0 bridgehead atoms. The van der Waals surface area contributed by atoms with Crippen molar-refractivity contribution in [3.8, 4) is 11.8 Å². The molecule has 0 heterocycles. The van der Waals surface area contributed by atoms with Gasteiger partial charge in [-0.05, 0) is 13.8 Å². The molecular formula is C8H10O2. The first-order valence-corrected chi connectivity index (χ1v) is 2.98. The highest BCUT2D eigenvalue weighted by atomic mass is 16.4. The van der Waals surface area contributed by atoms with Crippen LogP contribution in [-0.2, 0) is 4.79 Å². The summed E-state index contributed by atoms with van der Waals surface area (Å²) in [6, 6.07) is 0. The zero-order chi connectivity index (χ0) is 7.98. The van der Waals surface area contributed by atoms with Crippen molar-refractivity contribution < 1.29 is 9.90 Å². The summed E-state index contributed by atoms with van der Waals surface area (Å²) < 4.78 is 0. The van der Waals surface area contributed by atoms with Crippen LogP contribution >= 0.6 is 0 Å². The molecule has 1 N–H and O–H groups in total. The molecule has 0 spiro atoms. The predicted molar refractivity (Wildman–Crippen MR) is 39.5 cm³/mol. The number of carboxylic acid groups (broad SMARTS) is 1. The Labute approximate surface area is 60.6 Å². The second kappa shape index (κ2) is 4.63. The maximum atomic E-state index is 10.2. The average Bonchev–Trinajstić information content (AvgIpc) is 1.88. The normalized spacial score (nSPS) is 10.0. The largest absolute Gasteiger partial charge is 0.478 e. The fraction of sp³-hybridized carbons (Fsp3) is 0.375. The van der Waals surface area contributed by atoms with Crippen molar-refractivity contribution in [1.29, 1.82) is 0 Å². The van der Waals surface area contributed by atoms with E-state index in [-0.39, 0.29) is 0 Å². The molecule has 0 saturated carbocycles. The lowest BCUT2D eigenvalue weighted by molar-refractivity contribution is -0.132. The third-order valence-electron chi connectivity index (χ3n) is 1.02. The van der Waals surface area contributed by atoms with Gasteiger partial charge in [-0.15, -0.1) is 5.92 Å². The van der Waals surface area contributed by atoms with Gasteiger partial charge >= 0.3 is 5.97 Å². The van der Waals surface area contributed by atoms with Gasteiger partial charge in [-0.2, -0.15) is 0 Å². The number of allylic oxidation sites excluding steroid dienone is 1. The minimum Gasteiger partial charge on any atom is -0.478 e. The van der Waals surface area contributed by atoms with Gasteiger partial charge < -0.3 is 5.11 Å². The van der Waals surface area contributed by atoms with Crippen molar-refractivity contribution in [1.82, 2.24) is 0 Å². The standard InChI is InChI=1S/C8H10O2/c1-3-4-5-6-7(2)8(9)10/h6H,5H2,1-2H3,(H,9,10). The first kappa shape index (κ1) is 8.77. The lowest BCUT2D eigenvalue weighted by atomic mass is 10.2. The number of carbonyl (C=O) groups is 1. The number of carboxylic acids is 1. The molecule has 10 heavy (non-hydrogen) atoms. The molecule has 2 heteroatoms. The van der Waals surface area contributed by atoms with Gasteiger partial charge in [0.25, 0.3) is 0 Å². The van der Waals surface area contributed by atoms with E-state index in [0.29, 0.717) is 12.0 Å². The monoisotopic (exact) mass is 138 g/mol. The second-order valence-electron chi connectivity index (χ2n) is 1.82. The Kier molecular flexibility index (Phi) is 4.06. The molecule has 0 aromatic rings. The van der Waals surface area contributed by atoms with E-state index in [1.54, 1.807) is 19.9 Å². The van der Waals surface area contributed by atoms with Gasteiger partial charge in [0.05, 0.1) is 0 Å². The molecule has 0 radical (unpaired) electrons. The van der Waals surface area contributed by atoms with Crippen molar-refractivity contribution in [2.24, 2.45) is 0 Å². The number of hydrogen-bond acceptors (Lipinski definition) is 1. The smallest absolute Gasteiger partial charge is 0.330 e. The third-order valence-corrected chi connectivity index (χ3v) is 1.02. The van der Waals surface area contributed by atoms with Crippen LogP contribution in [-0.4, -0.2) is 11.1 Å². The van der Waals surface area contributed by atoms with Crippen LogP contribution in [0.1, 0.15) is 20.3 Å². The average molecular weight is 138 g/mol.